The molecule has 0 N–H and O–H groups in total. The topological polar surface area (TPSA) is 77.5 Å². The number of aryl methyl sites for hydroxylation is 2. The maximum Gasteiger partial charge on any atom is 0.307 e. The van der Waals surface area contributed by atoms with E-state index in [0.717, 1.165) is 11.1 Å². The van der Waals surface area contributed by atoms with Crippen LogP contribution in [-0.4, -0.2) is 31.7 Å². The Morgan fingerprint density at radius 3 is 2.11 bits per heavy atom. The summed E-state index contributed by atoms with van der Waals surface area (Å²) in [5.41, 5.74) is 3.13. The van der Waals surface area contributed by atoms with Crippen LogP contribution in [0.4, 0.5) is 0 Å². The monoisotopic (exact) mass is 400 g/mol. The highest BCUT2D eigenvalue weighted by molar-refractivity contribution is 7.91. The van der Waals surface area contributed by atoms with Crippen LogP contribution in [0.5, 0.6) is 0 Å². The van der Waals surface area contributed by atoms with Gasteiger partial charge in [-0.1, -0.05) is 59.7 Å². The van der Waals surface area contributed by atoms with Crippen LogP contribution in [-0.2, 0) is 19.4 Å². The summed E-state index contributed by atoms with van der Waals surface area (Å²) in [6.07, 6.45) is -0.588. The predicted octanol–water partition coefficient (Wildman–Crippen LogP) is 3.60. The minimum absolute atomic E-state index is 0.00275. The molecule has 148 valence electrons. The zero-order chi connectivity index (χ0) is 20.3. The van der Waals surface area contributed by atoms with Gasteiger partial charge in [0.15, 0.2) is 15.9 Å². The molecule has 0 saturated carbocycles. The molecule has 0 spiro atoms. The zero-order valence-corrected chi connectivity index (χ0v) is 16.9. The molecule has 2 aromatic rings. The van der Waals surface area contributed by atoms with Crippen LogP contribution in [0.1, 0.15) is 46.0 Å². The normalized spacial score (nSPS) is 19.1. The van der Waals surface area contributed by atoms with Crippen LogP contribution in [0.25, 0.3) is 0 Å². The summed E-state index contributed by atoms with van der Waals surface area (Å²) in [5, 5.41) is 0. The van der Waals surface area contributed by atoms with E-state index in [4.69, 9.17) is 4.74 Å². The molecule has 0 unspecified atom stereocenters. The van der Waals surface area contributed by atoms with Crippen molar-refractivity contribution in [2.45, 2.75) is 32.8 Å². The van der Waals surface area contributed by atoms with Gasteiger partial charge in [0.2, 0.25) is 5.78 Å². The molecule has 3 rings (SSSR count). The highest BCUT2D eigenvalue weighted by atomic mass is 32.2. The third kappa shape index (κ3) is 5.07. The Morgan fingerprint density at radius 2 is 1.57 bits per heavy atom. The Kier molecular flexibility index (Phi) is 5.98. The van der Waals surface area contributed by atoms with E-state index >= 15 is 0 Å². The molecule has 6 heteroatoms. The van der Waals surface area contributed by atoms with Crippen LogP contribution in [0.2, 0.25) is 0 Å². The molecule has 1 heterocycles. The first-order chi connectivity index (χ1) is 13.2. The van der Waals surface area contributed by atoms with E-state index in [9.17, 15) is 18.0 Å². The molecular formula is C22H24O5S. The van der Waals surface area contributed by atoms with Crippen molar-refractivity contribution in [2.75, 3.05) is 11.5 Å². The zero-order valence-electron chi connectivity index (χ0n) is 16.1. The maximum atomic E-state index is 13.0. The predicted molar refractivity (Wildman–Crippen MR) is 107 cm³/mol. The largest absolute Gasteiger partial charge is 0.449 e. The van der Waals surface area contributed by atoms with E-state index in [1.165, 1.54) is 0 Å². The van der Waals surface area contributed by atoms with Crippen LogP contribution < -0.4 is 0 Å². The second-order valence-corrected chi connectivity index (χ2v) is 9.71. The highest BCUT2D eigenvalue weighted by Gasteiger charge is 2.32. The molecule has 0 aromatic heterocycles. The highest BCUT2D eigenvalue weighted by Crippen LogP contribution is 2.27. The lowest BCUT2D eigenvalue weighted by atomic mass is 9.98. The molecule has 1 aliphatic heterocycles. The first-order valence-electron chi connectivity index (χ1n) is 9.31. The van der Waals surface area contributed by atoms with Gasteiger partial charge in [-0.3, -0.25) is 9.59 Å². The summed E-state index contributed by atoms with van der Waals surface area (Å²) in [4.78, 5) is 25.5. The Morgan fingerprint density at radius 1 is 1.00 bits per heavy atom. The lowest BCUT2D eigenvalue weighted by Crippen LogP contribution is -2.22. The number of carbonyl (C=O) groups is 2. The van der Waals surface area contributed by atoms with Gasteiger partial charge >= 0.3 is 5.97 Å². The molecule has 1 fully saturated rings. The smallest absolute Gasteiger partial charge is 0.307 e. The number of Topliss-reactive ketones (excluding diaryl/α,β-unsaturated/α-hetero) is 1. The number of hydrogen-bond acceptors (Lipinski definition) is 5. The Balaban J connectivity index is 1.79. The average molecular weight is 400 g/mol. The fraction of sp³-hybridized carbons (Fsp3) is 0.364. The Bertz CT molecular complexity index is 959. The lowest BCUT2D eigenvalue weighted by Gasteiger charge is -2.19. The van der Waals surface area contributed by atoms with Crippen molar-refractivity contribution in [3.63, 3.8) is 0 Å². The standard InChI is InChI=1S/C22H24O5S/c1-15-3-7-18(8-4-15)21(24)22(19-9-5-16(2)6-10-19)27-20(23)13-17-11-12-28(25,26)14-17/h3-10,17,22H,11-14H2,1-2H3/t17-,22+/m0/s1. The molecule has 28 heavy (non-hydrogen) atoms. The summed E-state index contributed by atoms with van der Waals surface area (Å²) < 4.78 is 28.8. The summed E-state index contributed by atoms with van der Waals surface area (Å²) in [6.45, 7) is 3.87. The number of hydrogen-bond donors (Lipinski definition) is 0. The number of esters is 1. The second-order valence-electron chi connectivity index (χ2n) is 7.48. The van der Waals surface area contributed by atoms with E-state index in [-0.39, 0.29) is 29.6 Å². The SMILES string of the molecule is Cc1ccc(C(=O)[C@H](OC(=O)C[C@@H]2CCS(=O)(=O)C2)c2ccc(C)cc2)cc1. The van der Waals surface area contributed by atoms with Gasteiger partial charge in [-0.05, 0) is 26.2 Å². The molecule has 0 bridgehead atoms. The summed E-state index contributed by atoms with van der Waals surface area (Å²) in [7, 11) is -3.06. The van der Waals surface area contributed by atoms with Crippen molar-refractivity contribution >= 4 is 21.6 Å². The minimum Gasteiger partial charge on any atom is -0.449 e. The van der Waals surface area contributed by atoms with E-state index in [2.05, 4.69) is 0 Å². The van der Waals surface area contributed by atoms with E-state index in [0.29, 0.717) is 17.5 Å². The molecule has 1 aliphatic rings. The molecule has 0 aliphatic carbocycles. The van der Waals surface area contributed by atoms with Gasteiger partial charge in [-0.25, -0.2) is 8.42 Å². The number of rotatable bonds is 6. The summed E-state index contributed by atoms with van der Waals surface area (Å²) >= 11 is 0. The molecule has 2 aromatic carbocycles. The number of ketones is 1. The van der Waals surface area contributed by atoms with Crippen LogP contribution in [0.3, 0.4) is 0 Å². The summed E-state index contributed by atoms with van der Waals surface area (Å²) in [6, 6.07) is 14.4. The quantitative estimate of drug-likeness (QED) is 0.547. The summed E-state index contributed by atoms with van der Waals surface area (Å²) in [5.74, 6) is -0.979. The first kappa shape index (κ1) is 20.3. The van der Waals surface area contributed by atoms with Gasteiger partial charge in [0.05, 0.1) is 11.5 Å². The van der Waals surface area contributed by atoms with Gasteiger partial charge in [0.25, 0.3) is 0 Å². The lowest BCUT2D eigenvalue weighted by molar-refractivity contribution is -0.148. The average Bonchev–Trinajstić information content (AvgIpc) is 2.99. The fourth-order valence-electron chi connectivity index (χ4n) is 3.33. The number of ether oxygens (including phenoxy) is 1. The van der Waals surface area contributed by atoms with Crippen molar-refractivity contribution in [1.82, 2.24) is 0 Å². The number of carbonyl (C=O) groups excluding carboxylic acids is 2. The second kappa shape index (κ2) is 8.27. The van der Waals surface area contributed by atoms with E-state index < -0.39 is 21.9 Å². The minimum atomic E-state index is -3.06. The Hall–Kier alpha value is -2.47. The first-order valence-corrected chi connectivity index (χ1v) is 11.1. The third-order valence-electron chi connectivity index (χ3n) is 4.99. The van der Waals surface area contributed by atoms with Gasteiger partial charge in [-0.2, -0.15) is 0 Å². The van der Waals surface area contributed by atoms with Gasteiger partial charge in [0.1, 0.15) is 0 Å². The van der Waals surface area contributed by atoms with Crippen molar-refractivity contribution in [2.24, 2.45) is 5.92 Å². The van der Waals surface area contributed by atoms with Gasteiger partial charge < -0.3 is 4.74 Å². The maximum absolute atomic E-state index is 13.0. The van der Waals surface area contributed by atoms with E-state index in [1.54, 1.807) is 24.3 Å². The van der Waals surface area contributed by atoms with Crippen LogP contribution >= 0.6 is 0 Å². The number of sulfone groups is 1. The van der Waals surface area contributed by atoms with Crippen molar-refractivity contribution < 1.29 is 22.7 Å². The Labute approximate surface area is 165 Å². The van der Waals surface area contributed by atoms with Crippen LogP contribution in [0.15, 0.2) is 48.5 Å². The van der Waals surface area contributed by atoms with Crippen LogP contribution in [0, 0.1) is 19.8 Å². The van der Waals surface area contributed by atoms with Crippen molar-refractivity contribution in [3.8, 4) is 0 Å². The molecular weight excluding hydrogens is 376 g/mol. The molecule has 0 amide bonds. The third-order valence-corrected chi connectivity index (χ3v) is 6.82. The molecule has 1 saturated heterocycles. The molecule has 2 atom stereocenters. The van der Waals surface area contributed by atoms with Gasteiger partial charge in [-0.15, -0.1) is 0 Å². The fourth-order valence-corrected chi connectivity index (χ4v) is 5.19. The van der Waals surface area contributed by atoms with E-state index in [1.807, 2.05) is 38.1 Å². The van der Waals surface area contributed by atoms with Crippen molar-refractivity contribution in [1.29, 1.82) is 0 Å². The molecule has 5 nitrogen and oxygen atoms in total. The van der Waals surface area contributed by atoms with Crippen molar-refractivity contribution in [3.05, 3.63) is 70.8 Å². The van der Waals surface area contributed by atoms with Gasteiger partial charge in [0, 0.05) is 17.5 Å². The molecule has 0 radical (unpaired) electrons. The number of benzene rings is 2.